The average Bonchev–Trinajstić information content (AvgIpc) is 3.33. The molecule has 0 spiro atoms. The fourth-order valence-corrected chi connectivity index (χ4v) is 6.85. The highest BCUT2D eigenvalue weighted by molar-refractivity contribution is 5.80. The maximum absolute atomic E-state index is 13.2. The molecule has 6 rings (SSSR count). The van der Waals surface area contributed by atoms with E-state index >= 15 is 0 Å². The lowest BCUT2D eigenvalue weighted by atomic mass is 9.89. The molecule has 2 saturated heterocycles. The van der Waals surface area contributed by atoms with E-state index in [1.165, 1.54) is 43.2 Å². The van der Waals surface area contributed by atoms with Gasteiger partial charge in [0.1, 0.15) is 0 Å². The molecule has 1 aliphatic carbocycles. The van der Waals surface area contributed by atoms with Gasteiger partial charge in [0.05, 0.1) is 11.0 Å². The van der Waals surface area contributed by atoms with Gasteiger partial charge in [-0.3, -0.25) is 9.69 Å². The summed E-state index contributed by atoms with van der Waals surface area (Å²) in [6.07, 6.45) is 10.7. The SMILES string of the molecule is O=C(NC1CCN(Cc2ccccc2)CC1)C1CCN(c2nc3ccccc3n2CC2CCCCC2)CC1. The molecule has 0 radical (unpaired) electrons. The number of rotatable bonds is 7. The van der Waals surface area contributed by atoms with Crippen molar-refractivity contribution in [3.05, 3.63) is 60.2 Å². The second-order valence-corrected chi connectivity index (χ2v) is 11.8. The number of nitrogens with one attached hydrogen (secondary N) is 1. The summed E-state index contributed by atoms with van der Waals surface area (Å²) in [5.74, 6) is 2.25. The Bertz CT molecular complexity index is 1190. The molecule has 0 unspecified atom stereocenters. The van der Waals surface area contributed by atoms with Crippen LogP contribution in [0, 0.1) is 11.8 Å². The zero-order valence-electron chi connectivity index (χ0n) is 22.7. The Labute approximate surface area is 227 Å². The van der Waals surface area contributed by atoms with Crippen molar-refractivity contribution in [2.75, 3.05) is 31.1 Å². The van der Waals surface area contributed by atoms with Crippen LogP contribution in [0.5, 0.6) is 0 Å². The molecule has 3 fully saturated rings. The number of benzene rings is 2. The third-order valence-corrected chi connectivity index (χ3v) is 9.13. The van der Waals surface area contributed by atoms with E-state index in [0.717, 1.165) is 82.3 Å². The zero-order chi connectivity index (χ0) is 25.7. The summed E-state index contributed by atoms with van der Waals surface area (Å²) in [5.41, 5.74) is 3.72. The first-order valence-corrected chi connectivity index (χ1v) is 15.0. The number of anilines is 1. The minimum atomic E-state index is 0.116. The first-order chi connectivity index (χ1) is 18.7. The number of aromatic nitrogens is 2. The van der Waals surface area contributed by atoms with E-state index < -0.39 is 0 Å². The van der Waals surface area contributed by atoms with Crippen LogP contribution in [0.25, 0.3) is 11.0 Å². The molecule has 1 saturated carbocycles. The lowest BCUT2D eigenvalue weighted by Crippen LogP contribution is -2.48. The highest BCUT2D eigenvalue weighted by atomic mass is 16.2. The molecule has 3 aliphatic rings. The summed E-state index contributed by atoms with van der Waals surface area (Å²) in [6.45, 7) is 5.99. The molecule has 3 aromatic rings. The molecule has 1 aromatic heterocycles. The maximum Gasteiger partial charge on any atom is 0.223 e. The normalized spacial score (nSPS) is 20.7. The summed E-state index contributed by atoms with van der Waals surface area (Å²) in [5, 5.41) is 3.41. The summed E-state index contributed by atoms with van der Waals surface area (Å²) in [7, 11) is 0. The number of amides is 1. The van der Waals surface area contributed by atoms with Gasteiger partial charge in [-0.25, -0.2) is 4.98 Å². The van der Waals surface area contributed by atoms with Gasteiger partial charge in [-0.2, -0.15) is 0 Å². The van der Waals surface area contributed by atoms with Crippen molar-refractivity contribution in [2.45, 2.75) is 76.9 Å². The minimum Gasteiger partial charge on any atom is -0.353 e. The van der Waals surface area contributed by atoms with E-state index in [2.05, 4.69) is 74.3 Å². The second-order valence-electron chi connectivity index (χ2n) is 11.8. The van der Waals surface area contributed by atoms with Crippen LogP contribution >= 0.6 is 0 Å². The highest BCUT2D eigenvalue weighted by Gasteiger charge is 2.30. The highest BCUT2D eigenvalue weighted by Crippen LogP contribution is 2.31. The molecule has 0 bridgehead atoms. The fraction of sp³-hybridized carbons (Fsp3) is 0.562. The summed E-state index contributed by atoms with van der Waals surface area (Å²) < 4.78 is 2.48. The Balaban J connectivity index is 1.02. The van der Waals surface area contributed by atoms with E-state index in [1.54, 1.807) is 0 Å². The summed E-state index contributed by atoms with van der Waals surface area (Å²) >= 11 is 0. The van der Waals surface area contributed by atoms with Crippen LogP contribution in [0.3, 0.4) is 0 Å². The smallest absolute Gasteiger partial charge is 0.223 e. The van der Waals surface area contributed by atoms with Crippen molar-refractivity contribution in [1.29, 1.82) is 0 Å². The molecule has 6 nitrogen and oxygen atoms in total. The van der Waals surface area contributed by atoms with Crippen molar-refractivity contribution in [2.24, 2.45) is 11.8 Å². The molecule has 202 valence electrons. The number of piperidine rings is 2. The average molecular weight is 514 g/mol. The lowest BCUT2D eigenvalue weighted by Gasteiger charge is -2.35. The van der Waals surface area contributed by atoms with Gasteiger partial charge in [-0.1, -0.05) is 61.7 Å². The van der Waals surface area contributed by atoms with Gasteiger partial charge in [-0.15, -0.1) is 0 Å². The topological polar surface area (TPSA) is 53.4 Å². The van der Waals surface area contributed by atoms with Crippen molar-refractivity contribution in [1.82, 2.24) is 19.8 Å². The van der Waals surface area contributed by atoms with Crippen LogP contribution in [0.2, 0.25) is 0 Å². The molecular formula is C32H43N5O. The number of nitrogens with zero attached hydrogens (tertiary/aromatic N) is 4. The lowest BCUT2D eigenvalue weighted by molar-refractivity contribution is -0.126. The number of hydrogen-bond donors (Lipinski definition) is 1. The van der Waals surface area contributed by atoms with E-state index in [9.17, 15) is 4.79 Å². The Morgan fingerprint density at radius 1 is 0.816 bits per heavy atom. The van der Waals surface area contributed by atoms with Gasteiger partial charge >= 0.3 is 0 Å². The number of fused-ring (bicyclic) bond motifs is 1. The Hall–Kier alpha value is -2.86. The molecule has 2 aliphatic heterocycles. The predicted octanol–water partition coefficient (Wildman–Crippen LogP) is 5.61. The van der Waals surface area contributed by atoms with Crippen LogP contribution < -0.4 is 10.2 Å². The fourth-order valence-electron chi connectivity index (χ4n) is 6.85. The molecule has 3 heterocycles. The monoisotopic (exact) mass is 513 g/mol. The Morgan fingerprint density at radius 3 is 2.29 bits per heavy atom. The number of likely N-dealkylation sites (tertiary alicyclic amines) is 1. The largest absolute Gasteiger partial charge is 0.353 e. The number of imidazole rings is 1. The summed E-state index contributed by atoms with van der Waals surface area (Å²) in [6, 6.07) is 19.6. The van der Waals surface area contributed by atoms with Gasteiger partial charge in [0.25, 0.3) is 0 Å². The quantitative estimate of drug-likeness (QED) is 0.446. The predicted molar refractivity (Wildman–Crippen MR) is 154 cm³/mol. The van der Waals surface area contributed by atoms with Crippen molar-refractivity contribution in [3.63, 3.8) is 0 Å². The minimum absolute atomic E-state index is 0.116. The van der Waals surface area contributed by atoms with Crippen LogP contribution in [0.1, 0.15) is 63.4 Å². The number of hydrogen-bond acceptors (Lipinski definition) is 4. The molecule has 1 N–H and O–H groups in total. The van der Waals surface area contributed by atoms with Gasteiger partial charge in [0, 0.05) is 51.2 Å². The Kier molecular flexibility index (Phi) is 7.96. The summed E-state index contributed by atoms with van der Waals surface area (Å²) in [4.78, 5) is 23.2. The van der Waals surface area contributed by atoms with E-state index in [-0.39, 0.29) is 11.8 Å². The molecule has 2 aromatic carbocycles. The third kappa shape index (κ3) is 5.90. The van der Waals surface area contributed by atoms with Crippen LogP contribution in [0.15, 0.2) is 54.6 Å². The van der Waals surface area contributed by atoms with Gasteiger partial charge in [-0.05, 0) is 62.1 Å². The van der Waals surface area contributed by atoms with Crippen molar-refractivity contribution in [3.8, 4) is 0 Å². The first-order valence-electron chi connectivity index (χ1n) is 15.0. The molecule has 1 amide bonds. The zero-order valence-corrected chi connectivity index (χ0v) is 22.7. The number of carbonyl (C=O) groups is 1. The van der Waals surface area contributed by atoms with Crippen molar-refractivity contribution >= 4 is 22.9 Å². The van der Waals surface area contributed by atoms with E-state index in [0.29, 0.717) is 6.04 Å². The molecule has 38 heavy (non-hydrogen) atoms. The molecule has 0 atom stereocenters. The standard InChI is InChI=1S/C32H43N5O/c38-31(33-28-17-19-35(20-18-28)23-25-9-3-1-4-10-25)27-15-21-36(22-16-27)32-34-29-13-7-8-14-30(29)37(32)24-26-11-5-2-6-12-26/h1,3-4,7-10,13-14,26-28H,2,5-6,11-12,15-24H2,(H,33,38). The number of carbonyl (C=O) groups excluding carboxylic acids is 1. The maximum atomic E-state index is 13.2. The third-order valence-electron chi connectivity index (χ3n) is 9.13. The van der Waals surface area contributed by atoms with Gasteiger partial charge in [0.15, 0.2) is 0 Å². The van der Waals surface area contributed by atoms with Gasteiger partial charge < -0.3 is 14.8 Å². The van der Waals surface area contributed by atoms with Crippen molar-refractivity contribution < 1.29 is 4.79 Å². The van der Waals surface area contributed by atoms with Crippen LogP contribution in [-0.2, 0) is 17.9 Å². The second kappa shape index (κ2) is 11.9. The molecule has 6 heteroatoms. The first kappa shape index (κ1) is 25.4. The van der Waals surface area contributed by atoms with Crippen LogP contribution in [0.4, 0.5) is 5.95 Å². The van der Waals surface area contributed by atoms with Crippen LogP contribution in [-0.4, -0.2) is 52.6 Å². The number of para-hydroxylation sites is 2. The van der Waals surface area contributed by atoms with E-state index in [4.69, 9.17) is 4.98 Å². The molecular weight excluding hydrogens is 470 g/mol. The Morgan fingerprint density at radius 2 is 1.53 bits per heavy atom. The van der Waals surface area contributed by atoms with Gasteiger partial charge in [0.2, 0.25) is 11.9 Å². The van der Waals surface area contributed by atoms with E-state index in [1.807, 2.05) is 0 Å².